The van der Waals surface area contributed by atoms with Crippen LogP contribution in [0.15, 0.2) is 12.1 Å². The third-order valence-corrected chi connectivity index (χ3v) is 3.29. The molecule has 96 valence electrons. The molecule has 3 rings (SSSR count). The number of H-pyrrole nitrogens is 1. The lowest BCUT2D eigenvalue weighted by molar-refractivity contribution is 0.0158. The molecule has 1 aliphatic heterocycles. The number of benzene rings is 1. The first-order chi connectivity index (χ1) is 8.74. The molecule has 2 aromatic rings. The molecular formula is C13H14F2N2O. The molecule has 1 unspecified atom stereocenters. The zero-order valence-electron chi connectivity index (χ0n) is 9.88. The molecule has 1 aromatic heterocycles. The zero-order valence-corrected chi connectivity index (χ0v) is 9.88. The van der Waals surface area contributed by atoms with Crippen molar-refractivity contribution < 1.29 is 13.5 Å². The Balaban J connectivity index is 1.86. The van der Waals surface area contributed by atoms with E-state index in [1.807, 2.05) is 0 Å². The van der Waals surface area contributed by atoms with Gasteiger partial charge in [0, 0.05) is 13.0 Å². The van der Waals surface area contributed by atoms with Gasteiger partial charge in [-0.05, 0) is 31.4 Å². The number of hydrogen-bond acceptors (Lipinski definition) is 2. The molecule has 0 bridgehead atoms. The molecule has 1 aromatic carbocycles. The smallest absolute Gasteiger partial charge is 0.186 e. The van der Waals surface area contributed by atoms with Crippen LogP contribution in [0.5, 0.6) is 0 Å². The van der Waals surface area contributed by atoms with Crippen LogP contribution >= 0.6 is 0 Å². The van der Waals surface area contributed by atoms with Gasteiger partial charge in [0.15, 0.2) is 11.6 Å². The lowest BCUT2D eigenvalue weighted by Crippen LogP contribution is -2.21. The lowest BCUT2D eigenvalue weighted by atomic mass is 10.1. The second-order valence-corrected chi connectivity index (χ2v) is 4.63. The van der Waals surface area contributed by atoms with Crippen molar-refractivity contribution in [1.29, 1.82) is 0 Å². The summed E-state index contributed by atoms with van der Waals surface area (Å²) in [6.07, 6.45) is 3.99. The lowest BCUT2D eigenvalue weighted by Gasteiger charge is -2.21. The monoisotopic (exact) mass is 252 g/mol. The number of fused-ring (bicyclic) bond motifs is 1. The van der Waals surface area contributed by atoms with Gasteiger partial charge in [0.1, 0.15) is 11.3 Å². The molecule has 0 aliphatic carbocycles. The number of imidazole rings is 1. The van der Waals surface area contributed by atoms with Crippen LogP contribution in [0.2, 0.25) is 0 Å². The van der Waals surface area contributed by atoms with Crippen LogP contribution in [0, 0.1) is 11.6 Å². The highest BCUT2D eigenvalue weighted by molar-refractivity contribution is 5.75. The van der Waals surface area contributed by atoms with E-state index in [4.69, 9.17) is 4.74 Å². The van der Waals surface area contributed by atoms with E-state index in [1.54, 1.807) is 0 Å². The summed E-state index contributed by atoms with van der Waals surface area (Å²) in [6.45, 7) is 0.772. The number of rotatable bonds is 2. The van der Waals surface area contributed by atoms with Crippen molar-refractivity contribution in [3.05, 3.63) is 29.6 Å². The van der Waals surface area contributed by atoms with Crippen LogP contribution in [-0.2, 0) is 11.2 Å². The number of nitrogens with zero attached hydrogens (tertiary/aromatic N) is 1. The molecule has 1 aliphatic rings. The van der Waals surface area contributed by atoms with E-state index in [2.05, 4.69) is 9.97 Å². The van der Waals surface area contributed by atoms with Crippen molar-refractivity contribution in [3.63, 3.8) is 0 Å². The predicted molar refractivity (Wildman–Crippen MR) is 63.3 cm³/mol. The second kappa shape index (κ2) is 4.65. The first-order valence-corrected chi connectivity index (χ1v) is 6.18. The van der Waals surface area contributed by atoms with Crippen LogP contribution < -0.4 is 0 Å². The summed E-state index contributed by atoms with van der Waals surface area (Å²) in [5.41, 5.74) is 0.598. The summed E-state index contributed by atoms with van der Waals surface area (Å²) in [5, 5.41) is 0. The molecule has 1 fully saturated rings. The van der Waals surface area contributed by atoms with Crippen molar-refractivity contribution in [2.45, 2.75) is 31.8 Å². The van der Waals surface area contributed by atoms with Gasteiger partial charge in [-0.25, -0.2) is 13.8 Å². The zero-order chi connectivity index (χ0) is 12.5. The average Bonchev–Trinajstić information content (AvgIpc) is 2.79. The Bertz CT molecular complexity index is 561. The Morgan fingerprint density at radius 1 is 1.33 bits per heavy atom. The average molecular weight is 252 g/mol. The second-order valence-electron chi connectivity index (χ2n) is 4.63. The summed E-state index contributed by atoms with van der Waals surface area (Å²) < 4.78 is 32.2. The fraction of sp³-hybridized carbons (Fsp3) is 0.462. The number of ether oxygens (including phenoxy) is 1. The van der Waals surface area contributed by atoms with Gasteiger partial charge in [-0.2, -0.15) is 0 Å². The molecule has 0 amide bonds. The van der Waals surface area contributed by atoms with Gasteiger partial charge in [0.05, 0.1) is 11.6 Å². The van der Waals surface area contributed by atoms with Gasteiger partial charge < -0.3 is 9.72 Å². The Morgan fingerprint density at radius 2 is 2.22 bits per heavy atom. The Kier molecular flexibility index (Phi) is 2.99. The largest absolute Gasteiger partial charge is 0.378 e. The fourth-order valence-electron chi connectivity index (χ4n) is 2.35. The van der Waals surface area contributed by atoms with Gasteiger partial charge >= 0.3 is 0 Å². The van der Waals surface area contributed by atoms with Crippen molar-refractivity contribution in [1.82, 2.24) is 9.97 Å². The van der Waals surface area contributed by atoms with Crippen molar-refractivity contribution in [2.75, 3.05) is 6.61 Å². The minimum Gasteiger partial charge on any atom is -0.378 e. The molecule has 1 saturated heterocycles. The quantitative estimate of drug-likeness (QED) is 0.892. The topological polar surface area (TPSA) is 37.9 Å². The van der Waals surface area contributed by atoms with Gasteiger partial charge in [0.25, 0.3) is 0 Å². The van der Waals surface area contributed by atoms with E-state index >= 15 is 0 Å². The molecule has 5 heteroatoms. The van der Waals surface area contributed by atoms with E-state index in [1.165, 1.54) is 6.07 Å². The van der Waals surface area contributed by atoms with Gasteiger partial charge in [-0.1, -0.05) is 0 Å². The third kappa shape index (κ3) is 2.10. The highest BCUT2D eigenvalue weighted by atomic mass is 19.2. The molecule has 3 nitrogen and oxygen atoms in total. The van der Waals surface area contributed by atoms with E-state index in [0.717, 1.165) is 31.9 Å². The molecule has 18 heavy (non-hydrogen) atoms. The van der Waals surface area contributed by atoms with E-state index in [9.17, 15) is 8.78 Å². The minimum atomic E-state index is -0.889. The molecule has 1 atom stereocenters. The summed E-state index contributed by atoms with van der Waals surface area (Å²) in [7, 11) is 0. The van der Waals surface area contributed by atoms with Crippen LogP contribution in [0.3, 0.4) is 0 Å². The van der Waals surface area contributed by atoms with Crippen LogP contribution in [0.25, 0.3) is 11.0 Å². The SMILES string of the molecule is Fc1ccc2[nH]c(CC3CCCCO3)nc2c1F. The molecule has 2 heterocycles. The Labute approximate surface area is 103 Å². The van der Waals surface area contributed by atoms with E-state index in [0.29, 0.717) is 17.8 Å². The molecule has 0 saturated carbocycles. The molecule has 0 radical (unpaired) electrons. The standard InChI is InChI=1S/C13H14F2N2O/c14-9-4-5-10-13(12(9)15)17-11(16-10)7-8-3-1-2-6-18-8/h4-5,8H,1-3,6-7H2,(H,16,17). The van der Waals surface area contributed by atoms with Gasteiger partial charge in [-0.15, -0.1) is 0 Å². The maximum Gasteiger partial charge on any atom is 0.186 e. The summed E-state index contributed by atoms with van der Waals surface area (Å²) >= 11 is 0. The summed E-state index contributed by atoms with van der Waals surface area (Å²) in [6, 6.07) is 2.61. The Hall–Kier alpha value is -1.49. The van der Waals surface area contributed by atoms with Crippen molar-refractivity contribution >= 4 is 11.0 Å². The van der Waals surface area contributed by atoms with Crippen molar-refractivity contribution in [2.24, 2.45) is 0 Å². The fourth-order valence-corrected chi connectivity index (χ4v) is 2.35. The third-order valence-electron chi connectivity index (χ3n) is 3.29. The molecule has 1 N–H and O–H groups in total. The molecular weight excluding hydrogens is 238 g/mol. The Morgan fingerprint density at radius 3 is 3.00 bits per heavy atom. The number of halogens is 2. The van der Waals surface area contributed by atoms with Crippen LogP contribution in [-0.4, -0.2) is 22.7 Å². The highest BCUT2D eigenvalue weighted by Crippen LogP contribution is 2.21. The minimum absolute atomic E-state index is 0.0702. The number of aromatic amines is 1. The van der Waals surface area contributed by atoms with Gasteiger partial charge in [0.2, 0.25) is 0 Å². The first-order valence-electron chi connectivity index (χ1n) is 6.18. The molecule has 0 spiro atoms. The summed E-state index contributed by atoms with van der Waals surface area (Å²) in [5.74, 6) is -1.10. The van der Waals surface area contributed by atoms with Crippen LogP contribution in [0.1, 0.15) is 25.1 Å². The number of aromatic nitrogens is 2. The maximum atomic E-state index is 13.5. The summed E-state index contributed by atoms with van der Waals surface area (Å²) in [4.78, 5) is 7.13. The van der Waals surface area contributed by atoms with Gasteiger partial charge in [-0.3, -0.25) is 0 Å². The van der Waals surface area contributed by atoms with E-state index in [-0.39, 0.29) is 11.6 Å². The normalized spacial score (nSPS) is 20.4. The van der Waals surface area contributed by atoms with E-state index < -0.39 is 11.6 Å². The van der Waals surface area contributed by atoms with Crippen LogP contribution in [0.4, 0.5) is 8.78 Å². The predicted octanol–water partition coefficient (Wildman–Crippen LogP) is 2.95. The maximum absolute atomic E-state index is 13.5. The highest BCUT2D eigenvalue weighted by Gasteiger charge is 2.18. The first kappa shape index (κ1) is 11.6. The number of hydrogen-bond donors (Lipinski definition) is 1. The van der Waals surface area contributed by atoms with Crippen molar-refractivity contribution in [3.8, 4) is 0 Å². The number of nitrogens with one attached hydrogen (secondary N) is 1.